The predicted molar refractivity (Wildman–Crippen MR) is 155 cm³/mol. The number of aryl methyl sites for hydroxylation is 1. The molecule has 0 aliphatic heterocycles. The highest BCUT2D eigenvalue weighted by Gasteiger charge is 2.18. The Morgan fingerprint density at radius 2 is 1.85 bits per heavy atom. The predicted octanol–water partition coefficient (Wildman–Crippen LogP) is 4.85. The maximum Gasteiger partial charge on any atom is 0.407 e. The first-order valence-corrected chi connectivity index (χ1v) is 13.5. The number of amides is 2. The molecular weight excluding hydrogens is 522 g/mol. The minimum Gasteiger partial charge on any atom is -0.476 e. The van der Waals surface area contributed by atoms with Crippen molar-refractivity contribution in [3.8, 4) is 5.88 Å². The third-order valence-corrected chi connectivity index (χ3v) is 6.20. The fraction of sp³-hybridized carbons (Fsp3) is 0.300. The van der Waals surface area contributed by atoms with Crippen LogP contribution < -0.4 is 15.4 Å². The van der Waals surface area contributed by atoms with E-state index in [0.29, 0.717) is 35.9 Å². The van der Waals surface area contributed by atoms with Gasteiger partial charge in [0.2, 0.25) is 5.88 Å². The van der Waals surface area contributed by atoms with Crippen molar-refractivity contribution in [2.24, 2.45) is 0 Å². The molecule has 0 aliphatic rings. The van der Waals surface area contributed by atoms with E-state index in [2.05, 4.69) is 20.6 Å². The quantitative estimate of drug-likeness (QED) is 0.249. The topological polar surface area (TPSA) is 125 Å². The number of rotatable bonds is 9. The summed E-state index contributed by atoms with van der Waals surface area (Å²) in [5, 5.41) is 11.5. The number of alkyl carbamates (subject to hydrolysis) is 1. The van der Waals surface area contributed by atoms with Crippen LogP contribution in [0.4, 0.5) is 10.5 Å². The van der Waals surface area contributed by atoms with Crippen LogP contribution in [0.1, 0.15) is 49.6 Å². The van der Waals surface area contributed by atoms with E-state index in [4.69, 9.17) is 14.6 Å². The Bertz CT molecular complexity index is 1700. The van der Waals surface area contributed by atoms with E-state index in [0.717, 1.165) is 22.3 Å². The number of nitrogens with zero attached hydrogens (tertiary/aromatic N) is 5. The van der Waals surface area contributed by atoms with E-state index in [1.807, 2.05) is 87.1 Å². The zero-order valence-corrected chi connectivity index (χ0v) is 23.5. The van der Waals surface area contributed by atoms with Crippen molar-refractivity contribution >= 4 is 34.2 Å². The highest BCUT2D eigenvalue weighted by Crippen LogP contribution is 2.29. The molecular formula is C30H33N7O4. The average molecular weight is 556 g/mol. The monoisotopic (exact) mass is 555 g/mol. The van der Waals surface area contributed by atoms with Crippen LogP contribution in [0.3, 0.4) is 0 Å². The van der Waals surface area contributed by atoms with Gasteiger partial charge in [0.1, 0.15) is 23.5 Å². The molecule has 0 saturated heterocycles. The largest absolute Gasteiger partial charge is 0.476 e. The fourth-order valence-electron chi connectivity index (χ4n) is 4.47. The van der Waals surface area contributed by atoms with Crippen LogP contribution >= 0.6 is 0 Å². The molecule has 0 saturated carbocycles. The Kier molecular flexibility index (Phi) is 7.86. The maximum absolute atomic E-state index is 13.2. The van der Waals surface area contributed by atoms with Crippen molar-refractivity contribution in [2.75, 3.05) is 18.5 Å². The van der Waals surface area contributed by atoms with Gasteiger partial charge in [-0.15, -0.1) is 0 Å². The summed E-state index contributed by atoms with van der Waals surface area (Å²) in [6.07, 6.45) is 3.58. The molecule has 0 aliphatic carbocycles. The molecule has 5 rings (SSSR count). The van der Waals surface area contributed by atoms with E-state index in [9.17, 15) is 9.59 Å². The molecule has 0 spiro atoms. The molecule has 4 heterocycles. The van der Waals surface area contributed by atoms with Gasteiger partial charge in [-0.3, -0.25) is 13.9 Å². The van der Waals surface area contributed by atoms with Gasteiger partial charge in [0, 0.05) is 17.6 Å². The van der Waals surface area contributed by atoms with Crippen LogP contribution in [0.5, 0.6) is 5.88 Å². The molecule has 4 aromatic heterocycles. The highest BCUT2D eigenvalue weighted by molar-refractivity contribution is 6.08. The third-order valence-electron chi connectivity index (χ3n) is 6.20. The van der Waals surface area contributed by atoms with Gasteiger partial charge < -0.3 is 20.1 Å². The Balaban J connectivity index is 1.30. The Labute approximate surface area is 237 Å². The summed E-state index contributed by atoms with van der Waals surface area (Å²) < 4.78 is 14.6. The molecule has 212 valence electrons. The summed E-state index contributed by atoms with van der Waals surface area (Å²) >= 11 is 0. The molecule has 2 N–H and O–H groups in total. The number of carbonyl (C=O) groups excluding carboxylic acids is 2. The van der Waals surface area contributed by atoms with E-state index in [1.54, 1.807) is 16.7 Å². The first-order valence-electron chi connectivity index (χ1n) is 13.5. The van der Waals surface area contributed by atoms with Crippen molar-refractivity contribution in [2.45, 2.75) is 46.3 Å². The van der Waals surface area contributed by atoms with Crippen molar-refractivity contribution in [3.05, 3.63) is 84.1 Å². The zero-order valence-electron chi connectivity index (χ0n) is 23.5. The van der Waals surface area contributed by atoms with Crippen molar-refractivity contribution in [3.63, 3.8) is 0 Å². The zero-order chi connectivity index (χ0) is 29.0. The number of aromatic nitrogens is 5. The standard InChI is InChI=1S/C30H33N7O4/c1-5-21-27-22(34-28(38)24-18-32-25-13-6-7-16-36(24)25)11-9-12-23(27)37(35-21)19-20-10-8-14-26(33-20)40-17-15-31-29(39)41-30(2,3)4/h6-14,16,18H,5,15,17,19H2,1-4H3,(H,31,39)(H,34,38). The molecule has 41 heavy (non-hydrogen) atoms. The number of ether oxygens (including phenoxy) is 2. The SMILES string of the molecule is CCc1nn(Cc2cccc(OCCNC(=O)OC(C)(C)C)n2)c2cccc(NC(=O)c3cnc4ccccn34)c12. The summed E-state index contributed by atoms with van der Waals surface area (Å²) in [6, 6.07) is 16.9. The molecule has 0 unspecified atom stereocenters. The third kappa shape index (κ3) is 6.46. The Hall–Kier alpha value is -4.93. The number of nitrogens with one attached hydrogen (secondary N) is 2. The number of imidazole rings is 1. The van der Waals surface area contributed by atoms with Gasteiger partial charge >= 0.3 is 6.09 Å². The second kappa shape index (κ2) is 11.7. The molecule has 0 bridgehead atoms. The lowest BCUT2D eigenvalue weighted by atomic mass is 10.1. The lowest BCUT2D eigenvalue weighted by Gasteiger charge is -2.19. The van der Waals surface area contributed by atoms with Crippen molar-refractivity contribution < 1.29 is 19.1 Å². The van der Waals surface area contributed by atoms with E-state index in [-0.39, 0.29) is 19.1 Å². The number of fused-ring (bicyclic) bond motifs is 2. The van der Waals surface area contributed by atoms with Crippen LogP contribution in [0.15, 0.2) is 67.0 Å². The van der Waals surface area contributed by atoms with Gasteiger partial charge in [0.25, 0.3) is 5.91 Å². The number of hydrogen-bond acceptors (Lipinski definition) is 7. The van der Waals surface area contributed by atoms with E-state index in [1.165, 1.54) is 0 Å². The van der Waals surface area contributed by atoms with Gasteiger partial charge in [0.15, 0.2) is 0 Å². The summed E-state index contributed by atoms with van der Waals surface area (Å²) in [6.45, 7) is 8.41. The number of carbonyl (C=O) groups is 2. The van der Waals surface area contributed by atoms with Crippen LogP contribution in [-0.2, 0) is 17.7 Å². The number of anilines is 1. The van der Waals surface area contributed by atoms with Crippen LogP contribution in [-0.4, -0.2) is 54.9 Å². The second-order valence-corrected chi connectivity index (χ2v) is 10.4. The number of pyridine rings is 2. The molecule has 0 radical (unpaired) electrons. The van der Waals surface area contributed by atoms with Crippen molar-refractivity contribution in [1.29, 1.82) is 0 Å². The average Bonchev–Trinajstić information content (AvgIpc) is 3.53. The van der Waals surface area contributed by atoms with Crippen LogP contribution in [0, 0.1) is 0 Å². The van der Waals surface area contributed by atoms with Gasteiger partial charge in [-0.05, 0) is 57.5 Å². The van der Waals surface area contributed by atoms with Crippen LogP contribution in [0.25, 0.3) is 16.6 Å². The van der Waals surface area contributed by atoms with Crippen LogP contribution in [0.2, 0.25) is 0 Å². The molecule has 0 atom stereocenters. The lowest BCUT2D eigenvalue weighted by molar-refractivity contribution is 0.0519. The summed E-state index contributed by atoms with van der Waals surface area (Å²) in [4.78, 5) is 34.0. The second-order valence-electron chi connectivity index (χ2n) is 10.4. The van der Waals surface area contributed by atoms with Crippen molar-refractivity contribution in [1.82, 2.24) is 29.5 Å². The minimum atomic E-state index is -0.559. The fourth-order valence-corrected chi connectivity index (χ4v) is 4.47. The summed E-state index contributed by atoms with van der Waals surface area (Å²) in [7, 11) is 0. The number of benzene rings is 1. The lowest BCUT2D eigenvalue weighted by Crippen LogP contribution is -2.34. The number of hydrogen-bond donors (Lipinski definition) is 2. The Morgan fingerprint density at radius 1 is 1.02 bits per heavy atom. The molecule has 5 aromatic rings. The van der Waals surface area contributed by atoms with Gasteiger partial charge in [-0.1, -0.05) is 25.1 Å². The van der Waals surface area contributed by atoms with E-state index < -0.39 is 11.7 Å². The highest BCUT2D eigenvalue weighted by atomic mass is 16.6. The summed E-state index contributed by atoms with van der Waals surface area (Å²) in [5.74, 6) is 0.195. The Morgan fingerprint density at radius 3 is 2.66 bits per heavy atom. The van der Waals surface area contributed by atoms with Gasteiger partial charge in [-0.2, -0.15) is 5.10 Å². The molecule has 1 aromatic carbocycles. The molecule has 0 fully saturated rings. The van der Waals surface area contributed by atoms with Gasteiger partial charge in [0.05, 0.1) is 41.9 Å². The van der Waals surface area contributed by atoms with Gasteiger partial charge in [-0.25, -0.2) is 14.8 Å². The minimum absolute atomic E-state index is 0.246. The smallest absolute Gasteiger partial charge is 0.407 e. The maximum atomic E-state index is 13.2. The first kappa shape index (κ1) is 27.6. The molecule has 11 nitrogen and oxygen atoms in total. The molecule has 11 heteroatoms. The normalized spacial score (nSPS) is 11.5. The first-order chi connectivity index (χ1) is 19.7. The molecule has 2 amide bonds. The summed E-state index contributed by atoms with van der Waals surface area (Å²) in [5.41, 5.74) is 3.79. The van der Waals surface area contributed by atoms with E-state index >= 15 is 0 Å².